The molecule has 1 amide bonds. The highest BCUT2D eigenvalue weighted by Gasteiger charge is 2.21. The van der Waals surface area contributed by atoms with Crippen LogP contribution >= 0.6 is 11.8 Å². The van der Waals surface area contributed by atoms with Gasteiger partial charge in [0.05, 0.1) is 19.0 Å². The zero-order valence-corrected chi connectivity index (χ0v) is 17.0. The molecule has 0 atom stereocenters. The van der Waals surface area contributed by atoms with Crippen molar-refractivity contribution in [1.29, 1.82) is 0 Å². The molecule has 0 aliphatic carbocycles. The minimum atomic E-state index is -0.609. The van der Waals surface area contributed by atoms with Gasteiger partial charge in [-0.2, -0.15) is 0 Å². The van der Waals surface area contributed by atoms with Crippen LogP contribution in [0.4, 0.5) is 11.5 Å². The molecule has 10 heteroatoms. The van der Waals surface area contributed by atoms with Crippen LogP contribution in [-0.2, 0) is 19.1 Å². The Morgan fingerprint density at radius 2 is 1.79 bits per heavy atom. The monoisotopic (exact) mass is 418 g/mol. The van der Waals surface area contributed by atoms with Crippen LogP contribution in [-0.4, -0.2) is 53.3 Å². The topological polar surface area (TPSA) is 125 Å². The Morgan fingerprint density at radius 1 is 1.10 bits per heavy atom. The number of hydrogen-bond donors (Lipinski definition) is 1. The van der Waals surface area contributed by atoms with Gasteiger partial charge in [-0.25, -0.2) is 14.8 Å². The first-order valence-electron chi connectivity index (χ1n) is 8.89. The predicted octanol–water partition coefficient (Wildman–Crippen LogP) is 1.92. The van der Waals surface area contributed by atoms with E-state index in [2.05, 4.69) is 9.97 Å². The second kappa shape index (κ2) is 11.0. The number of nitrogen functional groups attached to an aromatic ring is 1. The zero-order valence-electron chi connectivity index (χ0n) is 16.2. The Balaban J connectivity index is 2.08. The van der Waals surface area contributed by atoms with Crippen LogP contribution in [0.2, 0.25) is 0 Å². The lowest BCUT2D eigenvalue weighted by molar-refractivity contribution is -0.142. The molecule has 0 aliphatic heterocycles. The van der Waals surface area contributed by atoms with Gasteiger partial charge in [0.1, 0.15) is 17.9 Å². The van der Waals surface area contributed by atoms with E-state index in [0.717, 1.165) is 11.8 Å². The fourth-order valence-electron chi connectivity index (χ4n) is 2.29. The molecule has 0 aliphatic rings. The molecule has 1 aromatic heterocycles. The molecule has 0 saturated carbocycles. The van der Waals surface area contributed by atoms with E-state index >= 15 is 0 Å². The van der Waals surface area contributed by atoms with E-state index in [4.69, 9.17) is 15.2 Å². The number of carbonyl (C=O) groups is 3. The largest absolute Gasteiger partial charge is 0.465 e. The molecule has 0 spiro atoms. The summed E-state index contributed by atoms with van der Waals surface area (Å²) in [7, 11) is 0. The summed E-state index contributed by atoms with van der Waals surface area (Å²) in [5.41, 5.74) is 6.43. The van der Waals surface area contributed by atoms with Crippen molar-refractivity contribution in [2.24, 2.45) is 0 Å². The smallest absolute Gasteiger partial charge is 0.343 e. The van der Waals surface area contributed by atoms with Gasteiger partial charge in [-0.1, -0.05) is 30.0 Å². The highest BCUT2D eigenvalue weighted by Crippen LogP contribution is 2.20. The van der Waals surface area contributed by atoms with Gasteiger partial charge in [0, 0.05) is 11.9 Å². The quantitative estimate of drug-likeness (QED) is 0.369. The molecule has 1 aromatic carbocycles. The van der Waals surface area contributed by atoms with E-state index in [1.807, 2.05) is 6.07 Å². The van der Waals surface area contributed by atoms with Crippen LogP contribution in [0.25, 0.3) is 0 Å². The maximum absolute atomic E-state index is 12.7. The lowest BCUT2D eigenvalue weighted by atomic mass is 10.3. The highest BCUT2D eigenvalue weighted by molar-refractivity contribution is 7.99. The number of esters is 2. The molecule has 0 radical (unpaired) electrons. The lowest BCUT2D eigenvalue weighted by Gasteiger charge is -2.21. The molecule has 0 unspecified atom stereocenters. The van der Waals surface area contributed by atoms with E-state index < -0.39 is 11.9 Å². The fourth-order valence-corrected chi connectivity index (χ4v) is 2.98. The average molecular weight is 418 g/mol. The Labute approximate surface area is 172 Å². The molecule has 2 rings (SSSR count). The molecule has 9 nitrogen and oxygen atoms in total. The van der Waals surface area contributed by atoms with Gasteiger partial charge >= 0.3 is 11.9 Å². The molecule has 0 bridgehead atoms. The van der Waals surface area contributed by atoms with Crippen molar-refractivity contribution in [3.05, 3.63) is 42.1 Å². The number of amides is 1. The van der Waals surface area contributed by atoms with Gasteiger partial charge in [-0.05, 0) is 26.0 Å². The molecular weight excluding hydrogens is 396 g/mol. The summed E-state index contributed by atoms with van der Waals surface area (Å²) in [5.74, 6) is -1.51. The van der Waals surface area contributed by atoms with Crippen molar-refractivity contribution in [3.8, 4) is 0 Å². The number of ether oxygens (including phenoxy) is 2. The molecule has 0 saturated heterocycles. The third-order valence-corrected chi connectivity index (χ3v) is 4.42. The number of rotatable bonds is 9. The zero-order chi connectivity index (χ0) is 21.2. The van der Waals surface area contributed by atoms with Crippen LogP contribution in [0.3, 0.4) is 0 Å². The Morgan fingerprint density at radius 3 is 2.41 bits per heavy atom. The normalized spacial score (nSPS) is 10.3. The molecular formula is C19H22N4O5S. The predicted molar refractivity (Wildman–Crippen MR) is 109 cm³/mol. The summed E-state index contributed by atoms with van der Waals surface area (Å²) in [4.78, 5) is 45.8. The Hall–Kier alpha value is -3.14. The van der Waals surface area contributed by atoms with E-state index in [9.17, 15) is 14.4 Å². The van der Waals surface area contributed by atoms with Crippen molar-refractivity contribution in [2.45, 2.75) is 19.0 Å². The number of para-hydroxylation sites is 1. The minimum Gasteiger partial charge on any atom is -0.465 e. The number of thioether (sulfide) groups is 1. The summed E-state index contributed by atoms with van der Waals surface area (Å²) in [6, 6.07) is 8.81. The minimum absolute atomic E-state index is 0.0279. The summed E-state index contributed by atoms with van der Waals surface area (Å²) >= 11 is 1.04. The summed E-state index contributed by atoms with van der Waals surface area (Å²) in [6.07, 6.45) is 1.26. The van der Waals surface area contributed by atoms with E-state index in [1.165, 1.54) is 11.1 Å². The third kappa shape index (κ3) is 6.46. The standard InChI is InChI=1S/C19H22N4O5S/c1-3-27-16(25)11-23(13-8-6-5-7-9-13)15(24)12-29-19-21-10-14(17(20)22-19)18(26)28-4-2/h5-10H,3-4,11-12H2,1-2H3,(H2,20,21,22). The lowest BCUT2D eigenvalue weighted by Crippen LogP contribution is -2.37. The summed E-state index contributed by atoms with van der Waals surface area (Å²) in [5, 5.41) is 0.230. The summed E-state index contributed by atoms with van der Waals surface area (Å²) in [6.45, 7) is 3.61. The van der Waals surface area contributed by atoms with Crippen LogP contribution in [0.5, 0.6) is 0 Å². The third-order valence-electron chi connectivity index (χ3n) is 3.58. The van der Waals surface area contributed by atoms with Gasteiger partial charge in [0.2, 0.25) is 5.91 Å². The van der Waals surface area contributed by atoms with Crippen molar-refractivity contribution >= 4 is 41.1 Å². The van der Waals surface area contributed by atoms with Crippen LogP contribution in [0.15, 0.2) is 41.7 Å². The Bertz CT molecular complexity index is 863. The second-order valence-electron chi connectivity index (χ2n) is 5.58. The fraction of sp³-hybridized carbons (Fsp3) is 0.316. The maximum atomic E-state index is 12.7. The van der Waals surface area contributed by atoms with Crippen LogP contribution in [0, 0.1) is 0 Å². The van der Waals surface area contributed by atoms with Crippen LogP contribution in [0.1, 0.15) is 24.2 Å². The van der Waals surface area contributed by atoms with Gasteiger partial charge in [0.15, 0.2) is 5.16 Å². The average Bonchev–Trinajstić information content (AvgIpc) is 2.71. The van der Waals surface area contributed by atoms with Gasteiger partial charge in [-0.15, -0.1) is 0 Å². The van der Waals surface area contributed by atoms with Gasteiger partial charge in [0.25, 0.3) is 0 Å². The van der Waals surface area contributed by atoms with Crippen molar-refractivity contribution < 1.29 is 23.9 Å². The van der Waals surface area contributed by atoms with E-state index in [-0.39, 0.29) is 48.0 Å². The number of aromatic nitrogens is 2. The van der Waals surface area contributed by atoms with Gasteiger partial charge < -0.3 is 20.1 Å². The van der Waals surface area contributed by atoms with E-state index in [1.54, 1.807) is 38.1 Å². The van der Waals surface area contributed by atoms with Crippen molar-refractivity contribution in [1.82, 2.24) is 9.97 Å². The number of hydrogen-bond acceptors (Lipinski definition) is 9. The van der Waals surface area contributed by atoms with Gasteiger partial charge in [-0.3, -0.25) is 9.59 Å². The second-order valence-corrected chi connectivity index (χ2v) is 6.52. The number of nitrogens with two attached hydrogens (primary N) is 1. The molecule has 154 valence electrons. The number of nitrogens with zero attached hydrogens (tertiary/aromatic N) is 3. The molecule has 2 aromatic rings. The van der Waals surface area contributed by atoms with Crippen molar-refractivity contribution in [2.75, 3.05) is 36.1 Å². The molecule has 2 N–H and O–H groups in total. The number of benzene rings is 1. The molecule has 0 fully saturated rings. The molecule has 1 heterocycles. The first-order valence-corrected chi connectivity index (χ1v) is 9.88. The van der Waals surface area contributed by atoms with Crippen LogP contribution < -0.4 is 10.6 Å². The maximum Gasteiger partial charge on any atom is 0.343 e. The number of carbonyl (C=O) groups excluding carboxylic acids is 3. The first-order chi connectivity index (χ1) is 14.0. The SMILES string of the molecule is CCOC(=O)CN(C(=O)CSc1ncc(C(=O)OCC)c(N)n1)c1ccccc1. The number of anilines is 2. The van der Waals surface area contributed by atoms with E-state index in [0.29, 0.717) is 5.69 Å². The van der Waals surface area contributed by atoms with Crippen molar-refractivity contribution in [3.63, 3.8) is 0 Å². The Kier molecular flexibility index (Phi) is 8.41. The highest BCUT2D eigenvalue weighted by atomic mass is 32.2. The summed E-state index contributed by atoms with van der Waals surface area (Å²) < 4.78 is 9.83. The molecule has 29 heavy (non-hydrogen) atoms. The first kappa shape index (κ1) is 22.2.